The number of para-hydroxylation sites is 1. The van der Waals surface area contributed by atoms with E-state index in [0.717, 1.165) is 24.4 Å². The van der Waals surface area contributed by atoms with E-state index in [-0.39, 0.29) is 0 Å². The lowest BCUT2D eigenvalue weighted by atomic mass is 10.1. The molecule has 2 aromatic rings. The molecule has 126 valence electrons. The molecule has 0 unspecified atom stereocenters. The molecule has 24 heavy (non-hydrogen) atoms. The Morgan fingerprint density at radius 3 is 2.50 bits per heavy atom. The first-order chi connectivity index (χ1) is 11.7. The van der Waals surface area contributed by atoms with Gasteiger partial charge in [-0.3, -0.25) is 10.0 Å². The molecule has 0 radical (unpaired) electrons. The molecule has 0 saturated heterocycles. The van der Waals surface area contributed by atoms with Gasteiger partial charge in [0.25, 0.3) is 5.91 Å². The summed E-state index contributed by atoms with van der Waals surface area (Å²) in [5.74, 6) is 0.362. The average molecular weight is 326 g/mol. The van der Waals surface area contributed by atoms with E-state index in [1.54, 1.807) is 17.6 Å². The fourth-order valence-corrected chi connectivity index (χ4v) is 2.17. The summed E-state index contributed by atoms with van der Waals surface area (Å²) in [5.41, 5.74) is 4.22. The fraction of sp³-hybridized carbons (Fsp3) is 0.211. The molecule has 2 rings (SSSR count). The van der Waals surface area contributed by atoms with Crippen molar-refractivity contribution in [3.63, 3.8) is 0 Å². The topological polar surface area (TPSA) is 70.6 Å². The van der Waals surface area contributed by atoms with E-state index in [4.69, 9.17) is 9.94 Å². The average Bonchev–Trinajstić information content (AvgIpc) is 2.62. The Morgan fingerprint density at radius 1 is 1.12 bits per heavy atom. The Bertz CT molecular complexity index is 667. The van der Waals surface area contributed by atoms with E-state index in [9.17, 15) is 4.79 Å². The summed E-state index contributed by atoms with van der Waals surface area (Å²) in [4.78, 5) is 11.3. The van der Waals surface area contributed by atoms with Crippen LogP contribution in [0.2, 0.25) is 0 Å². The Morgan fingerprint density at radius 2 is 1.83 bits per heavy atom. The standard InChI is InChI=1S/C19H22N2O3/c1-15(13-16-7-9-17(10-8-16)19(22)21-23)14-20-11-12-24-18-5-3-2-4-6-18/h2-10,13,20,23H,11-12,14H2,1H3,(H,21,22). The summed E-state index contributed by atoms with van der Waals surface area (Å²) in [6.45, 7) is 4.17. The maximum absolute atomic E-state index is 11.3. The lowest BCUT2D eigenvalue weighted by molar-refractivity contribution is 0.0706. The van der Waals surface area contributed by atoms with Crippen molar-refractivity contribution in [1.29, 1.82) is 0 Å². The molecular formula is C19H22N2O3. The summed E-state index contributed by atoms with van der Waals surface area (Å²) in [6, 6.07) is 16.8. The quantitative estimate of drug-likeness (QED) is 0.396. The molecule has 0 aromatic heterocycles. The number of carbonyl (C=O) groups is 1. The van der Waals surface area contributed by atoms with Crippen LogP contribution in [0, 0.1) is 0 Å². The zero-order valence-corrected chi connectivity index (χ0v) is 13.7. The third kappa shape index (κ3) is 5.87. The van der Waals surface area contributed by atoms with Crippen LogP contribution in [-0.4, -0.2) is 30.8 Å². The third-order valence-electron chi connectivity index (χ3n) is 3.38. The highest BCUT2D eigenvalue weighted by molar-refractivity contribution is 5.93. The van der Waals surface area contributed by atoms with Crippen molar-refractivity contribution in [1.82, 2.24) is 10.8 Å². The second-order valence-corrected chi connectivity index (χ2v) is 5.39. The van der Waals surface area contributed by atoms with Gasteiger partial charge < -0.3 is 10.1 Å². The van der Waals surface area contributed by atoms with Crippen molar-refractivity contribution >= 4 is 12.0 Å². The number of ether oxygens (including phenoxy) is 1. The van der Waals surface area contributed by atoms with Crippen LogP contribution in [0.3, 0.4) is 0 Å². The summed E-state index contributed by atoms with van der Waals surface area (Å²) in [6.07, 6.45) is 2.05. The van der Waals surface area contributed by atoms with Gasteiger partial charge in [0.05, 0.1) is 0 Å². The molecule has 1 amide bonds. The molecule has 0 bridgehead atoms. The maximum atomic E-state index is 11.3. The van der Waals surface area contributed by atoms with Crippen molar-refractivity contribution in [2.24, 2.45) is 0 Å². The lowest BCUT2D eigenvalue weighted by Crippen LogP contribution is -2.22. The van der Waals surface area contributed by atoms with E-state index in [0.29, 0.717) is 12.2 Å². The van der Waals surface area contributed by atoms with E-state index in [2.05, 4.69) is 5.32 Å². The molecule has 0 heterocycles. The van der Waals surface area contributed by atoms with Gasteiger partial charge in [0.1, 0.15) is 12.4 Å². The molecular weight excluding hydrogens is 304 g/mol. The molecule has 3 N–H and O–H groups in total. The Kier molecular flexibility index (Phi) is 7.01. The predicted molar refractivity (Wildman–Crippen MR) is 94.2 cm³/mol. The van der Waals surface area contributed by atoms with Crippen LogP contribution in [0.5, 0.6) is 5.75 Å². The van der Waals surface area contributed by atoms with Gasteiger partial charge in [-0.05, 0) is 36.8 Å². The van der Waals surface area contributed by atoms with Crippen LogP contribution in [0.1, 0.15) is 22.8 Å². The Hall–Kier alpha value is -2.63. The highest BCUT2D eigenvalue weighted by Crippen LogP contribution is 2.09. The zero-order valence-electron chi connectivity index (χ0n) is 13.7. The van der Waals surface area contributed by atoms with Gasteiger partial charge in [0.2, 0.25) is 0 Å². The molecule has 0 aliphatic carbocycles. The van der Waals surface area contributed by atoms with Crippen LogP contribution in [-0.2, 0) is 0 Å². The minimum atomic E-state index is -0.512. The third-order valence-corrected chi connectivity index (χ3v) is 3.38. The van der Waals surface area contributed by atoms with E-state index in [1.807, 2.05) is 55.5 Å². The van der Waals surface area contributed by atoms with Gasteiger partial charge >= 0.3 is 0 Å². The molecule has 0 aliphatic rings. The van der Waals surface area contributed by atoms with Gasteiger partial charge in [-0.15, -0.1) is 0 Å². The number of nitrogens with one attached hydrogen (secondary N) is 2. The van der Waals surface area contributed by atoms with E-state index >= 15 is 0 Å². The Balaban J connectivity index is 1.72. The summed E-state index contributed by atoms with van der Waals surface area (Å²) >= 11 is 0. The highest BCUT2D eigenvalue weighted by atomic mass is 16.5. The van der Waals surface area contributed by atoms with Gasteiger partial charge in [0, 0.05) is 18.7 Å². The second kappa shape index (κ2) is 9.50. The van der Waals surface area contributed by atoms with Crippen LogP contribution in [0.15, 0.2) is 60.2 Å². The zero-order chi connectivity index (χ0) is 17.2. The molecule has 5 nitrogen and oxygen atoms in total. The largest absolute Gasteiger partial charge is 0.492 e. The number of carbonyl (C=O) groups excluding carboxylic acids is 1. The van der Waals surface area contributed by atoms with Crippen molar-refractivity contribution in [3.05, 3.63) is 71.3 Å². The predicted octanol–water partition coefficient (Wildman–Crippen LogP) is 2.88. The molecule has 0 fully saturated rings. The number of benzene rings is 2. The molecule has 2 aromatic carbocycles. The van der Waals surface area contributed by atoms with Crippen molar-refractivity contribution < 1.29 is 14.7 Å². The van der Waals surface area contributed by atoms with Crippen molar-refractivity contribution in [2.45, 2.75) is 6.92 Å². The van der Waals surface area contributed by atoms with E-state index in [1.165, 1.54) is 5.57 Å². The SMILES string of the molecule is CC(=Cc1ccc(C(=O)NO)cc1)CNCCOc1ccccc1. The minimum Gasteiger partial charge on any atom is -0.492 e. The van der Waals surface area contributed by atoms with Crippen LogP contribution in [0.4, 0.5) is 0 Å². The lowest BCUT2D eigenvalue weighted by Gasteiger charge is -2.08. The first-order valence-corrected chi connectivity index (χ1v) is 7.79. The number of rotatable bonds is 8. The van der Waals surface area contributed by atoms with Crippen molar-refractivity contribution in [3.8, 4) is 5.75 Å². The number of hydrogen-bond acceptors (Lipinski definition) is 4. The molecule has 5 heteroatoms. The first kappa shape index (κ1) is 17.7. The summed E-state index contributed by atoms with van der Waals surface area (Å²) in [7, 11) is 0. The van der Waals surface area contributed by atoms with Gasteiger partial charge in [-0.1, -0.05) is 42.0 Å². The smallest absolute Gasteiger partial charge is 0.274 e. The number of hydroxylamine groups is 1. The summed E-state index contributed by atoms with van der Waals surface area (Å²) in [5, 5.41) is 11.9. The van der Waals surface area contributed by atoms with Gasteiger partial charge in [-0.2, -0.15) is 0 Å². The number of amides is 1. The highest BCUT2D eigenvalue weighted by Gasteiger charge is 2.02. The second-order valence-electron chi connectivity index (χ2n) is 5.39. The first-order valence-electron chi connectivity index (χ1n) is 7.79. The minimum absolute atomic E-state index is 0.420. The maximum Gasteiger partial charge on any atom is 0.274 e. The van der Waals surface area contributed by atoms with E-state index < -0.39 is 5.91 Å². The molecule has 0 atom stereocenters. The van der Waals surface area contributed by atoms with Gasteiger partial charge in [0.15, 0.2) is 0 Å². The monoisotopic (exact) mass is 326 g/mol. The van der Waals surface area contributed by atoms with Gasteiger partial charge in [-0.25, -0.2) is 5.48 Å². The van der Waals surface area contributed by atoms with Crippen LogP contribution < -0.4 is 15.5 Å². The normalized spacial score (nSPS) is 11.2. The molecule has 0 spiro atoms. The fourth-order valence-electron chi connectivity index (χ4n) is 2.17. The van der Waals surface area contributed by atoms with Crippen molar-refractivity contribution in [2.75, 3.05) is 19.7 Å². The molecule has 0 saturated carbocycles. The van der Waals surface area contributed by atoms with Crippen LogP contribution >= 0.6 is 0 Å². The van der Waals surface area contributed by atoms with Crippen LogP contribution in [0.25, 0.3) is 6.08 Å². The Labute approximate surface area is 141 Å². The summed E-state index contributed by atoms with van der Waals surface area (Å²) < 4.78 is 5.61. The molecule has 0 aliphatic heterocycles. The number of hydrogen-bond donors (Lipinski definition) is 3.